The molecule has 0 aromatic carbocycles. The van der Waals surface area contributed by atoms with Crippen LogP contribution in [-0.2, 0) is 21.5 Å². The van der Waals surface area contributed by atoms with Crippen molar-refractivity contribution in [1.82, 2.24) is 20.1 Å². The molecule has 2 saturated heterocycles. The Morgan fingerprint density at radius 1 is 1.23 bits per heavy atom. The number of urea groups is 1. The van der Waals surface area contributed by atoms with Gasteiger partial charge in [0.05, 0.1) is 5.69 Å². The minimum absolute atomic E-state index is 0.115. The number of nitrogens with zero attached hydrogens (tertiary/aromatic N) is 3. The molecule has 2 aromatic heterocycles. The summed E-state index contributed by atoms with van der Waals surface area (Å²) in [5.74, 6) is -0.186. The van der Waals surface area contributed by atoms with Gasteiger partial charge in [0.15, 0.2) is 5.54 Å². The van der Waals surface area contributed by atoms with Crippen molar-refractivity contribution in [1.29, 1.82) is 0 Å². The lowest BCUT2D eigenvalue weighted by molar-refractivity contribution is -0.136. The number of hydrogen-bond donors (Lipinski definition) is 1. The Morgan fingerprint density at radius 2 is 2.03 bits per heavy atom. The van der Waals surface area contributed by atoms with Gasteiger partial charge >= 0.3 is 6.03 Å². The number of amides is 4. The van der Waals surface area contributed by atoms with Gasteiger partial charge in [0.1, 0.15) is 0 Å². The van der Waals surface area contributed by atoms with Gasteiger partial charge in [-0.2, -0.15) is 0 Å². The lowest BCUT2D eigenvalue weighted by Gasteiger charge is -2.40. The number of aromatic nitrogens is 1. The Balaban J connectivity index is 1.57. The number of nitrogens with one attached hydrogen (secondary N) is 1. The van der Waals surface area contributed by atoms with Gasteiger partial charge in [0.25, 0.3) is 5.91 Å². The summed E-state index contributed by atoms with van der Waals surface area (Å²) >= 11 is 1.62. The fourth-order valence-corrected chi connectivity index (χ4v) is 5.36. The Kier molecular flexibility index (Phi) is 6.36. The van der Waals surface area contributed by atoms with Crippen LogP contribution in [0.15, 0.2) is 41.9 Å². The molecule has 1 unspecified atom stereocenters. The molecule has 1 atom stereocenters. The second kappa shape index (κ2) is 9.18. The zero-order chi connectivity index (χ0) is 21.8. The average molecular weight is 441 g/mol. The van der Waals surface area contributed by atoms with Gasteiger partial charge in [-0.25, -0.2) is 4.79 Å². The summed E-state index contributed by atoms with van der Waals surface area (Å²) in [6.07, 6.45) is 4.96. The van der Waals surface area contributed by atoms with E-state index in [4.69, 9.17) is 0 Å². The van der Waals surface area contributed by atoms with Crippen LogP contribution < -0.4 is 5.32 Å². The van der Waals surface area contributed by atoms with Crippen LogP contribution in [0.3, 0.4) is 0 Å². The van der Waals surface area contributed by atoms with E-state index in [-0.39, 0.29) is 23.8 Å². The molecule has 164 valence electrons. The van der Waals surface area contributed by atoms with Crippen LogP contribution in [0.5, 0.6) is 0 Å². The Bertz CT molecular complexity index is 926. The van der Waals surface area contributed by atoms with Crippen LogP contribution in [0.25, 0.3) is 0 Å². The number of carbonyl (C=O) groups excluding carboxylic acids is 3. The molecule has 2 fully saturated rings. The summed E-state index contributed by atoms with van der Waals surface area (Å²) in [6, 6.07) is 9.08. The fourth-order valence-electron chi connectivity index (χ4n) is 4.66. The van der Waals surface area contributed by atoms with Gasteiger partial charge in [0, 0.05) is 43.0 Å². The monoisotopic (exact) mass is 440 g/mol. The van der Waals surface area contributed by atoms with Gasteiger partial charge < -0.3 is 10.2 Å². The molecule has 0 aliphatic carbocycles. The van der Waals surface area contributed by atoms with Crippen molar-refractivity contribution in [3.8, 4) is 0 Å². The maximum absolute atomic E-state index is 13.7. The average Bonchev–Trinajstić information content (AvgIpc) is 3.40. The molecule has 2 aliphatic heterocycles. The first kappa shape index (κ1) is 21.5. The number of likely N-dealkylation sites (tertiary alicyclic amines) is 1. The van der Waals surface area contributed by atoms with E-state index in [9.17, 15) is 14.4 Å². The highest BCUT2D eigenvalue weighted by Crippen LogP contribution is 2.40. The number of thiophene rings is 1. The van der Waals surface area contributed by atoms with Crippen molar-refractivity contribution in [2.75, 3.05) is 19.6 Å². The van der Waals surface area contributed by atoms with Crippen molar-refractivity contribution in [2.24, 2.45) is 5.92 Å². The minimum Gasteiger partial charge on any atom is -0.343 e. The van der Waals surface area contributed by atoms with Crippen LogP contribution >= 0.6 is 11.3 Å². The summed E-state index contributed by atoms with van der Waals surface area (Å²) in [5, 5.41) is 5.02. The highest BCUT2D eigenvalue weighted by molar-refractivity contribution is 7.09. The molecule has 0 radical (unpaired) electrons. The lowest BCUT2D eigenvalue weighted by atomic mass is 9.75. The summed E-state index contributed by atoms with van der Waals surface area (Å²) in [4.78, 5) is 47.8. The number of hydrogen-bond acceptors (Lipinski definition) is 5. The largest absolute Gasteiger partial charge is 0.343 e. The zero-order valence-electron chi connectivity index (χ0n) is 17.8. The summed E-state index contributed by atoms with van der Waals surface area (Å²) in [5.41, 5.74) is -0.599. The summed E-state index contributed by atoms with van der Waals surface area (Å²) < 4.78 is 0. The van der Waals surface area contributed by atoms with E-state index in [2.05, 4.69) is 10.3 Å². The van der Waals surface area contributed by atoms with E-state index >= 15 is 0 Å². The Labute approximate surface area is 186 Å². The third-order valence-corrected chi connectivity index (χ3v) is 7.22. The molecule has 4 amide bonds. The van der Waals surface area contributed by atoms with Gasteiger partial charge in [-0.15, -0.1) is 11.3 Å². The number of pyridine rings is 1. The smallest absolute Gasteiger partial charge is 0.325 e. The van der Waals surface area contributed by atoms with Crippen LogP contribution in [-0.4, -0.2) is 52.3 Å². The van der Waals surface area contributed by atoms with Crippen LogP contribution in [0, 0.1) is 5.92 Å². The van der Waals surface area contributed by atoms with Gasteiger partial charge in [-0.05, 0) is 49.3 Å². The molecule has 4 heterocycles. The standard InChI is InChI=1S/C23H28N4O3S/c1-2-6-20(28)26-13-9-17(10-14-26)23(19-8-3-4-12-24-19)21(29)27(22(30)25-23)15-11-18-7-5-16-31-18/h3-5,7-8,12,16-17H,2,6,9-11,13-15H2,1H3,(H,25,30). The van der Waals surface area contributed by atoms with E-state index in [1.165, 1.54) is 4.90 Å². The van der Waals surface area contributed by atoms with Crippen LogP contribution in [0.1, 0.15) is 43.2 Å². The molecule has 4 rings (SSSR count). The molecule has 31 heavy (non-hydrogen) atoms. The first-order valence-corrected chi connectivity index (χ1v) is 11.8. The SMILES string of the molecule is CCCC(=O)N1CCC(C2(c3ccccn3)NC(=O)N(CCc3cccs3)C2=O)CC1. The molecule has 1 N–H and O–H groups in total. The minimum atomic E-state index is -1.17. The molecular formula is C23H28N4O3S. The Morgan fingerprint density at radius 3 is 2.68 bits per heavy atom. The van der Waals surface area contributed by atoms with Gasteiger partial charge in [0.2, 0.25) is 5.91 Å². The second-order valence-electron chi connectivity index (χ2n) is 8.14. The first-order valence-electron chi connectivity index (χ1n) is 10.9. The van der Waals surface area contributed by atoms with Gasteiger partial charge in [-0.1, -0.05) is 19.1 Å². The van der Waals surface area contributed by atoms with Gasteiger partial charge in [-0.3, -0.25) is 19.5 Å². The third-order valence-electron chi connectivity index (χ3n) is 6.29. The van der Waals surface area contributed by atoms with Crippen LogP contribution in [0.2, 0.25) is 0 Å². The maximum atomic E-state index is 13.7. The molecule has 7 nitrogen and oxygen atoms in total. The van der Waals surface area contributed by atoms with Crippen molar-refractivity contribution >= 4 is 29.2 Å². The second-order valence-corrected chi connectivity index (χ2v) is 9.18. The summed E-state index contributed by atoms with van der Waals surface area (Å²) in [6.45, 7) is 3.53. The number of imide groups is 1. The zero-order valence-corrected chi connectivity index (χ0v) is 18.6. The maximum Gasteiger partial charge on any atom is 0.325 e. The predicted molar refractivity (Wildman–Crippen MR) is 118 cm³/mol. The molecule has 0 bridgehead atoms. The first-order chi connectivity index (χ1) is 15.1. The molecular weight excluding hydrogens is 412 g/mol. The summed E-state index contributed by atoms with van der Waals surface area (Å²) in [7, 11) is 0. The van der Waals surface area contributed by atoms with Crippen LogP contribution in [0.4, 0.5) is 4.79 Å². The highest BCUT2D eigenvalue weighted by Gasteiger charge is 2.58. The number of carbonyl (C=O) groups is 3. The fraction of sp³-hybridized carbons (Fsp3) is 0.478. The van der Waals surface area contributed by atoms with E-state index in [1.807, 2.05) is 41.5 Å². The molecule has 0 saturated carbocycles. The van der Waals surface area contributed by atoms with E-state index in [0.29, 0.717) is 51.0 Å². The molecule has 0 spiro atoms. The number of piperidine rings is 1. The number of rotatable bonds is 7. The quantitative estimate of drug-likeness (QED) is 0.671. The van der Waals surface area contributed by atoms with E-state index < -0.39 is 5.54 Å². The molecule has 8 heteroatoms. The lowest BCUT2D eigenvalue weighted by Crippen LogP contribution is -2.54. The molecule has 2 aromatic rings. The highest BCUT2D eigenvalue weighted by atomic mass is 32.1. The molecule has 2 aliphatic rings. The third kappa shape index (κ3) is 4.08. The predicted octanol–water partition coefficient (Wildman–Crippen LogP) is 3.17. The normalized spacial score (nSPS) is 22.1. The Hall–Kier alpha value is -2.74. The van der Waals surface area contributed by atoms with Crippen molar-refractivity contribution in [2.45, 2.75) is 44.6 Å². The van der Waals surface area contributed by atoms with Crippen molar-refractivity contribution in [3.05, 3.63) is 52.5 Å². The topological polar surface area (TPSA) is 82.6 Å². The van der Waals surface area contributed by atoms with Crippen molar-refractivity contribution in [3.63, 3.8) is 0 Å². The van der Waals surface area contributed by atoms with Crippen molar-refractivity contribution < 1.29 is 14.4 Å². The van der Waals surface area contributed by atoms with E-state index in [1.54, 1.807) is 23.6 Å². The van der Waals surface area contributed by atoms with E-state index in [0.717, 1.165) is 11.3 Å².